The molecule has 0 amide bonds. The molecule has 0 saturated carbocycles. The summed E-state index contributed by atoms with van der Waals surface area (Å²) in [6.07, 6.45) is -2.12. The van der Waals surface area contributed by atoms with Gasteiger partial charge in [0.1, 0.15) is 5.75 Å². The van der Waals surface area contributed by atoms with Crippen LogP contribution in [0.4, 0.5) is 4.39 Å². The van der Waals surface area contributed by atoms with Crippen molar-refractivity contribution in [2.45, 2.75) is 6.17 Å². The van der Waals surface area contributed by atoms with Crippen molar-refractivity contribution in [3.05, 3.63) is 28.8 Å². The fourth-order valence-electron chi connectivity index (χ4n) is 1.04. The van der Waals surface area contributed by atoms with Gasteiger partial charge in [-0.2, -0.15) is 0 Å². The minimum atomic E-state index is -2.12. The summed E-state index contributed by atoms with van der Waals surface area (Å²) in [4.78, 5) is 10.4. The maximum Gasteiger partial charge on any atom is 0.343 e. The van der Waals surface area contributed by atoms with Crippen LogP contribution >= 0.6 is 11.6 Å². The van der Waals surface area contributed by atoms with Crippen LogP contribution in [0.25, 0.3) is 0 Å². The van der Waals surface area contributed by atoms with Gasteiger partial charge in [0.05, 0.1) is 7.11 Å². The van der Waals surface area contributed by atoms with Crippen molar-refractivity contribution in [1.82, 2.24) is 0 Å². The molecule has 1 atom stereocenters. The first-order valence-electron chi connectivity index (χ1n) is 3.76. The second-order valence-electron chi connectivity index (χ2n) is 2.59. The van der Waals surface area contributed by atoms with Crippen LogP contribution in [0.1, 0.15) is 11.7 Å². The van der Waals surface area contributed by atoms with E-state index in [2.05, 4.69) is 0 Å². The number of ether oxygens (including phenoxy) is 1. The van der Waals surface area contributed by atoms with Gasteiger partial charge in [0.15, 0.2) is 0 Å². The molecular formula is C9H8ClFO3. The molecule has 0 spiro atoms. The number of rotatable bonds is 3. The van der Waals surface area contributed by atoms with Crippen LogP contribution in [0, 0.1) is 0 Å². The summed E-state index contributed by atoms with van der Waals surface area (Å²) >= 11 is 5.61. The number of carboxylic acid groups (broad SMARTS) is 1. The molecule has 1 N–H and O–H groups in total. The fraction of sp³-hybridized carbons (Fsp3) is 0.222. The van der Waals surface area contributed by atoms with Crippen LogP contribution in [0.3, 0.4) is 0 Å². The number of hydrogen-bond acceptors (Lipinski definition) is 2. The summed E-state index contributed by atoms with van der Waals surface area (Å²) < 4.78 is 18.0. The van der Waals surface area contributed by atoms with E-state index in [-0.39, 0.29) is 16.3 Å². The van der Waals surface area contributed by atoms with E-state index in [9.17, 15) is 9.18 Å². The van der Waals surface area contributed by atoms with E-state index >= 15 is 0 Å². The summed E-state index contributed by atoms with van der Waals surface area (Å²) in [5, 5.41) is 8.74. The van der Waals surface area contributed by atoms with Gasteiger partial charge in [-0.1, -0.05) is 11.6 Å². The zero-order valence-electron chi connectivity index (χ0n) is 7.33. The maximum atomic E-state index is 13.1. The van der Waals surface area contributed by atoms with Crippen molar-refractivity contribution in [3.8, 4) is 5.75 Å². The molecule has 14 heavy (non-hydrogen) atoms. The molecule has 0 heterocycles. The fourth-order valence-corrected chi connectivity index (χ4v) is 1.22. The van der Waals surface area contributed by atoms with Crippen LogP contribution in [0.5, 0.6) is 5.75 Å². The second kappa shape index (κ2) is 4.28. The van der Waals surface area contributed by atoms with Gasteiger partial charge in [-0.25, -0.2) is 9.18 Å². The molecule has 1 rings (SSSR count). The number of carboxylic acids is 1. The number of halogens is 2. The van der Waals surface area contributed by atoms with Gasteiger partial charge in [0, 0.05) is 10.6 Å². The van der Waals surface area contributed by atoms with Crippen LogP contribution in [0.15, 0.2) is 18.2 Å². The van der Waals surface area contributed by atoms with E-state index in [0.717, 1.165) is 0 Å². The number of hydrogen-bond donors (Lipinski definition) is 1. The number of alkyl halides is 1. The predicted molar refractivity (Wildman–Crippen MR) is 49.5 cm³/mol. The van der Waals surface area contributed by atoms with Gasteiger partial charge >= 0.3 is 5.97 Å². The topological polar surface area (TPSA) is 46.5 Å². The molecule has 0 radical (unpaired) electrons. The average Bonchev–Trinajstić information content (AvgIpc) is 2.16. The molecule has 0 aromatic heterocycles. The lowest BCUT2D eigenvalue weighted by molar-refractivity contribution is -0.143. The van der Waals surface area contributed by atoms with Gasteiger partial charge in [-0.05, 0) is 18.2 Å². The Morgan fingerprint density at radius 1 is 1.64 bits per heavy atom. The van der Waals surface area contributed by atoms with Crippen molar-refractivity contribution in [3.63, 3.8) is 0 Å². The SMILES string of the molecule is COc1ccc(Cl)cc1C(F)C(=O)O. The Balaban J connectivity index is 3.16. The van der Waals surface area contributed by atoms with Gasteiger partial charge in [-0.15, -0.1) is 0 Å². The van der Waals surface area contributed by atoms with E-state index in [0.29, 0.717) is 0 Å². The average molecular weight is 219 g/mol. The molecule has 5 heteroatoms. The monoisotopic (exact) mass is 218 g/mol. The Bertz CT molecular complexity index is 354. The van der Waals surface area contributed by atoms with Gasteiger partial charge < -0.3 is 9.84 Å². The van der Waals surface area contributed by atoms with E-state index < -0.39 is 12.1 Å². The Labute approximate surface area is 85.1 Å². The second-order valence-corrected chi connectivity index (χ2v) is 3.02. The lowest BCUT2D eigenvalue weighted by Crippen LogP contribution is -2.07. The first kappa shape index (κ1) is 10.8. The summed E-state index contributed by atoms with van der Waals surface area (Å²) in [6.45, 7) is 0. The summed E-state index contributed by atoms with van der Waals surface area (Å²) in [6, 6.07) is 4.16. The number of methoxy groups -OCH3 is 1. The smallest absolute Gasteiger partial charge is 0.343 e. The highest BCUT2D eigenvalue weighted by molar-refractivity contribution is 6.30. The van der Waals surface area contributed by atoms with E-state index in [4.69, 9.17) is 21.4 Å². The first-order valence-corrected chi connectivity index (χ1v) is 4.14. The molecule has 1 unspecified atom stereocenters. The molecule has 1 aromatic carbocycles. The summed E-state index contributed by atoms with van der Waals surface area (Å²) in [5.74, 6) is -1.39. The Morgan fingerprint density at radius 2 is 2.29 bits per heavy atom. The summed E-state index contributed by atoms with van der Waals surface area (Å²) in [5.41, 5.74) is -0.0764. The molecular weight excluding hydrogens is 211 g/mol. The quantitative estimate of drug-likeness (QED) is 0.848. The highest BCUT2D eigenvalue weighted by Crippen LogP contribution is 2.30. The molecule has 0 aliphatic rings. The number of aliphatic carboxylic acids is 1. The zero-order chi connectivity index (χ0) is 10.7. The molecule has 0 saturated heterocycles. The van der Waals surface area contributed by atoms with Crippen LogP contribution in [0.2, 0.25) is 5.02 Å². The number of benzene rings is 1. The molecule has 0 fully saturated rings. The van der Waals surface area contributed by atoms with Crippen molar-refractivity contribution >= 4 is 17.6 Å². The lowest BCUT2D eigenvalue weighted by atomic mass is 10.1. The Morgan fingerprint density at radius 3 is 2.79 bits per heavy atom. The molecule has 76 valence electrons. The highest BCUT2D eigenvalue weighted by atomic mass is 35.5. The van der Waals surface area contributed by atoms with Gasteiger partial charge in [0.2, 0.25) is 6.17 Å². The predicted octanol–water partition coefficient (Wildman–Crippen LogP) is 2.44. The highest BCUT2D eigenvalue weighted by Gasteiger charge is 2.22. The van der Waals surface area contributed by atoms with Crippen LogP contribution in [-0.2, 0) is 4.79 Å². The largest absolute Gasteiger partial charge is 0.496 e. The van der Waals surface area contributed by atoms with E-state index in [1.165, 1.54) is 25.3 Å². The minimum absolute atomic E-state index is 0.0764. The van der Waals surface area contributed by atoms with Crippen molar-refractivity contribution in [2.24, 2.45) is 0 Å². The normalized spacial score (nSPS) is 12.2. The molecule has 0 bridgehead atoms. The van der Waals surface area contributed by atoms with Crippen molar-refractivity contribution in [2.75, 3.05) is 7.11 Å². The summed E-state index contributed by atoms with van der Waals surface area (Å²) in [7, 11) is 1.33. The minimum Gasteiger partial charge on any atom is -0.496 e. The first-order chi connectivity index (χ1) is 6.56. The molecule has 0 aliphatic carbocycles. The van der Waals surface area contributed by atoms with Gasteiger partial charge in [0.25, 0.3) is 0 Å². The van der Waals surface area contributed by atoms with E-state index in [1.54, 1.807) is 0 Å². The zero-order valence-corrected chi connectivity index (χ0v) is 8.08. The third-order valence-corrected chi connectivity index (χ3v) is 1.92. The number of carbonyl (C=O) groups is 1. The third-order valence-electron chi connectivity index (χ3n) is 1.68. The maximum absolute atomic E-state index is 13.1. The van der Waals surface area contributed by atoms with Crippen molar-refractivity contribution in [1.29, 1.82) is 0 Å². The Hall–Kier alpha value is -1.29. The third kappa shape index (κ3) is 2.14. The molecule has 0 aliphatic heterocycles. The van der Waals surface area contributed by atoms with E-state index in [1.807, 2.05) is 0 Å². The van der Waals surface area contributed by atoms with Crippen molar-refractivity contribution < 1.29 is 19.0 Å². The molecule has 1 aromatic rings. The van der Waals surface area contributed by atoms with Crippen LogP contribution in [-0.4, -0.2) is 18.2 Å². The van der Waals surface area contributed by atoms with Crippen LogP contribution < -0.4 is 4.74 Å². The lowest BCUT2D eigenvalue weighted by Gasteiger charge is -2.09. The van der Waals surface area contributed by atoms with Gasteiger partial charge in [-0.3, -0.25) is 0 Å². The molecule has 3 nitrogen and oxygen atoms in total. The standard InChI is InChI=1S/C9H8ClFO3/c1-14-7-3-2-5(10)4-6(7)8(11)9(12)13/h2-4,8H,1H3,(H,12,13). The Kier molecular flexibility index (Phi) is 3.30.